The molecule has 0 heterocycles. The highest BCUT2D eigenvalue weighted by molar-refractivity contribution is 5.93. The number of hydrogen-bond acceptors (Lipinski definition) is 4. The van der Waals surface area contributed by atoms with Crippen LogP contribution in [0.25, 0.3) is 0 Å². The molecule has 0 bridgehead atoms. The Bertz CT molecular complexity index is 670. The van der Waals surface area contributed by atoms with Crippen molar-refractivity contribution in [2.45, 2.75) is 13.3 Å². The van der Waals surface area contributed by atoms with E-state index in [0.29, 0.717) is 18.7 Å². The monoisotopic (exact) mass is 327 g/mol. The Morgan fingerprint density at radius 1 is 0.958 bits per heavy atom. The van der Waals surface area contributed by atoms with E-state index in [2.05, 4.69) is 5.32 Å². The van der Waals surface area contributed by atoms with E-state index in [1.165, 1.54) is 0 Å². The second-order valence-electron chi connectivity index (χ2n) is 5.17. The van der Waals surface area contributed by atoms with E-state index in [1.807, 2.05) is 54.6 Å². The molecule has 0 radical (unpaired) electrons. The second-order valence-corrected chi connectivity index (χ2v) is 5.17. The molecule has 2 aromatic carbocycles. The minimum Gasteiger partial charge on any atom is -0.454 e. The zero-order valence-electron chi connectivity index (χ0n) is 13.7. The fourth-order valence-corrected chi connectivity index (χ4v) is 2.17. The molecule has 0 spiro atoms. The van der Waals surface area contributed by atoms with Gasteiger partial charge in [0.1, 0.15) is 6.61 Å². The topological polar surface area (TPSA) is 64.6 Å². The third-order valence-corrected chi connectivity index (χ3v) is 3.32. The Kier molecular flexibility index (Phi) is 6.98. The van der Waals surface area contributed by atoms with Gasteiger partial charge in [-0.25, -0.2) is 4.79 Å². The van der Waals surface area contributed by atoms with E-state index in [9.17, 15) is 9.59 Å². The lowest BCUT2D eigenvalue weighted by Gasteiger charge is -2.11. The number of benzene rings is 2. The fraction of sp³-hybridized carbons (Fsp3) is 0.263. The molecule has 0 aliphatic rings. The second kappa shape index (κ2) is 9.47. The maximum atomic E-state index is 12.0. The molecule has 0 aliphatic heterocycles. The fourth-order valence-electron chi connectivity index (χ4n) is 2.17. The van der Waals surface area contributed by atoms with Crippen molar-refractivity contribution in [3.63, 3.8) is 0 Å². The van der Waals surface area contributed by atoms with E-state index in [4.69, 9.17) is 9.47 Å². The minimum atomic E-state index is -0.551. The Morgan fingerprint density at radius 3 is 2.42 bits per heavy atom. The third-order valence-electron chi connectivity index (χ3n) is 3.32. The van der Waals surface area contributed by atoms with Crippen molar-refractivity contribution in [2.75, 3.05) is 25.1 Å². The number of esters is 1. The molecule has 5 nitrogen and oxygen atoms in total. The largest absolute Gasteiger partial charge is 0.454 e. The lowest BCUT2D eigenvalue weighted by atomic mass is 10.0. The Labute approximate surface area is 141 Å². The number of anilines is 1. The average Bonchev–Trinajstić information content (AvgIpc) is 2.61. The molecule has 0 fully saturated rings. The predicted octanol–water partition coefficient (Wildman–Crippen LogP) is 2.80. The van der Waals surface area contributed by atoms with Gasteiger partial charge in [-0.15, -0.1) is 0 Å². The predicted molar refractivity (Wildman–Crippen MR) is 91.8 cm³/mol. The minimum absolute atomic E-state index is 0.144. The summed E-state index contributed by atoms with van der Waals surface area (Å²) in [6.07, 6.45) is 0.710. The van der Waals surface area contributed by atoms with Crippen LogP contribution in [0, 0.1) is 0 Å². The summed E-state index contributed by atoms with van der Waals surface area (Å²) in [6, 6.07) is 17.6. The first kappa shape index (κ1) is 17.7. The maximum absolute atomic E-state index is 12.0. The van der Waals surface area contributed by atoms with Gasteiger partial charge in [0.25, 0.3) is 5.91 Å². The number of carbonyl (C=O) groups excluding carboxylic acids is 2. The highest BCUT2D eigenvalue weighted by Gasteiger charge is 2.10. The molecule has 0 saturated carbocycles. The number of nitrogens with one attached hydrogen (secondary N) is 1. The van der Waals surface area contributed by atoms with Gasteiger partial charge in [0, 0.05) is 12.3 Å². The van der Waals surface area contributed by atoms with Gasteiger partial charge >= 0.3 is 5.97 Å². The van der Waals surface area contributed by atoms with Gasteiger partial charge in [0.2, 0.25) is 0 Å². The third kappa shape index (κ3) is 5.85. The summed E-state index contributed by atoms with van der Waals surface area (Å²) < 4.78 is 9.79. The molecule has 2 aromatic rings. The van der Waals surface area contributed by atoms with E-state index in [0.717, 1.165) is 11.1 Å². The molecule has 0 atom stereocenters. The summed E-state index contributed by atoms with van der Waals surface area (Å²) in [6.45, 7) is 1.73. The van der Waals surface area contributed by atoms with Crippen molar-refractivity contribution in [3.8, 4) is 0 Å². The van der Waals surface area contributed by atoms with Gasteiger partial charge in [-0.2, -0.15) is 0 Å². The van der Waals surface area contributed by atoms with Crippen molar-refractivity contribution in [1.29, 1.82) is 0 Å². The number of para-hydroxylation sites is 1. The zero-order chi connectivity index (χ0) is 17.2. The number of amides is 1. The van der Waals surface area contributed by atoms with Gasteiger partial charge in [-0.05, 0) is 30.5 Å². The standard InChI is InChI=1S/C19H21NO4/c1-2-23-14-19(22)24-13-18(21)20-17-11-7-6-10-16(17)12-15-8-4-3-5-9-15/h3-11H,2,12-14H2,1H3,(H,20,21). The molecular formula is C19H21NO4. The maximum Gasteiger partial charge on any atom is 0.332 e. The van der Waals surface area contributed by atoms with Crippen LogP contribution in [-0.2, 0) is 25.5 Å². The molecule has 126 valence electrons. The molecule has 0 aromatic heterocycles. The smallest absolute Gasteiger partial charge is 0.332 e. The van der Waals surface area contributed by atoms with Crippen LogP contribution in [0.1, 0.15) is 18.1 Å². The first-order valence-electron chi connectivity index (χ1n) is 7.84. The summed E-state index contributed by atoms with van der Waals surface area (Å²) in [5, 5.41) is 2.79. The summed E-state index contributed by atoms with van der Waals surface area (Å²) in [7, 11) is 0. The summed E-state index contributed by atoms with van der Waals surface area (Å²) in [5.41, 5.74) is 2.87. The van der Waals surface area contributed by atoms with Gasteiger partial charge in [-0.3, -0.25) is 4.79 Å². The van der Waals surface area contributed by atoms with Crippen LogP contribution in [0.15, 0.2) is 54.6 Å². The summed E-state index contributed by atoms with van der Waals surface area (Å²) in [4.78, 5) is 23.3. The molecule has 5 heteroatoms. The molecular weight excluding hydrogens is 306 g/mol. The van der Waals surface area contributed by atoms with Crippen LogP contribution < -0.4 is 5.32 Å². The lowest BCUT2D eigenvalue weighted by Crippen LogP contribution is -2.23. The van der Waals surface area contributed by atoms with Crippen LogP contribution >= 0.6 is 0 Å². The quantitative estimate of drug-likeness (QED) is 0.757. The Morgan fingerprint density at radius 2 is 1.67 bits per heavy atom. The molecule has 1 amide bonds. The molecule has 0 aliphatic carbocycles. The highest BCUT2D eigenvalue weighted by atomic mass is 16.6. The normalized spacial score (nSPS) is 10.2. The van der Waals surface area contributed by atoms with Crippen molar-refractivity contribution < 1.29 is 19.1 Å². The van der Waals surface area contributed by atoms with Crippen LogP contribution in [0.5, 0.6) is 0 Å². The number of carbonyl (C=O) groups is 2. The summed E-state index contributed by atoms with van der Waals surface area (Å²) >= 11 is 0. The van der Waals surface area contributed by atoms with Crippen molar-refractivity contribution in [1.82, 2.24) is 0 Å². The van der Waals surface area contributed by atoms with Crippen molar-refractivity contribution in [2.24, 2.45) is 0 Å². The number of hydrogen-bond donors (Lipinski definition) is 1. The first-order valence-corrected chi connectivity index (χ1v) is 7.84. The number of ether oxygens (including phenoxy) is 2. The van der Waals surface area contributed by atoms with E-state index in [-0.39, 0.29) is 19.1 Å². The van der Waals surface area contributed by atoms with E-state index < -0.39 is 5.97 Å². The molecule has 24 heavy (non-hydrogen) atoms. The molecule has 2 rings (SSSR count). The Hall–Kier alpha value is -2.66. The van der Waals surface area contributed by atoms with Crippen LogP contribution in [-0.4, -0.2) is 31.7 Å². The Balaban J connectivity index is 1.92. The van der Waals surface area contributed by atoms with E-state index in [1.54, 1.807) is 6.92 Å². The van der Waals surface area contributed by atoms with Gasteiger partial charge in [0.05, 0.1) is 0 Å². The number of rotatable bonds is 8. The molecule has 0 unspecified atom stereocenters. The lowest BCUT2D eigenvalue weighted by molar-refractivity contribution is -0.151. The van der Waals surface area contributed by atoms with Crippen LogP contribution in [0.2, 0.25) is 0 Å². The van der Waals surface area contributed by atoms with Crippen molar-refractivity contribution >= 4 is 17.6 Å². The molecule has 0 saturated heterocycles. The summed E-state index contributed by atoms with van der Waals surface area (Å²) in [5.74, 6) is -0.926. The van der Waals surface area contributed by atoms with Crippen LogP contribution in [0.3, 0.4) is 0 Å². The SMILES string of the molecule is CCOCC(=O)OCC(=O)Nc1ccccc1Cc1ccccc1. The van der Waals surface area contributed by atoms with Gasteiger partial charge in [0.15, 0.2) is 6.61 Å². The average molecular weight is 327 g/mol. The van der Waals surface area contributed by atoms with Crippen LogP contribution in [0.4, 0.5) is 5.69 Å². The van der Waals surface area contributed by atoms with Gasteiger partial charge < -0.3 is 14.8 Å². The zero-order valence-corrected chi connectivity index (χ0v) is 13.7. The van der Waals surface area contributed by atoms with Gasteiger partial charge in [-0.1, -0.05) is 48.5 Å². The molecule has 1 N–H and O–H groups in total. The highest BCUT2D eigenvalue weighted by Crippen LogP contribution is 2.19. The van der Waals surface area contributed by atoms with Crippen molar-refractivity contribution in [3.05, 3.63) is 65.7 Å². The first-order chi connectivity index (χ1) is 11.7. The van der Waals surface area contributed by atoms with E-state index >= 15 is 0 Å².